The molecule has 0 saturated carbocycles. The van der Waals surface area contributed by atoms with E-state index in [1.54, 1.807) is 13.8 Å². The maximum Gasteiger partial charge on any atom is 0.326 e. The van der Waals surface area contributed by atoms with Gasteiger partial charge in [0.25, 0.3) is 11.8 Å². The van der Waals surface area contributed by atoms with Gasteiger partial charge in [0.2, 0.25) is 0 Å². The molecule has 1 heterocycles. The second kappa shape index (κ2) is 7.94. The lowest BCUT2D eigenvalue weighted by atomic mass is 9.93. The summed E-state index contributed by atoms with van der Waals surface area (Å²) < 4.78 is 4.81. The average molecular weight is 327 g/mol. The second-order valence-corrected chi connectivity index (χ2v) is 5.97. The summed E-state index contributed by atoms with van der Waals surface area (Å²) in [6.45, 7) is 7.03. The molecule has 1 aliphatic rings. The quantitative estimate of drug-likeness (QED) is 0.496. The summed E-state index contributed by atoms with van der Waals surface area (Å²) in [7, 11) is 0. The van der Waals surface area contributed by atoms with Crippen molar-refractivity contribution >= 4 is 23.8 Å². The minimum absolute atomic E-state index is 0.289. The van der Waals surface area contributed by atoms with Crippen molar-refractivity contribution in [3.8, 4) is 0 Å². The molecule has 1 fully saturated rings. The molecule has 8 heteroatoms. The molecule has 1 aliphatic heterocycles. The predicted octanol–water partition coefficient (Wildman–Crippen LogP) is 0.412. The summed E-state index contributed by atoms with van der Waals surface area (Å²) in [5.41, 5.74) is -0.952. The van der Waals surface area contributed by atoms with Crippen LogP contribution in [0.5, 0.6) is 0 Å². The van der Waals surface area contributed by atoms with Crippen molar-refractivity contribution in [2.45, 2.75) is 46.1 Å². The Morgan fingerprint density at radius 3 is 2.35 bits per heavy atom. The van der Waals surface area contributed by atoms with Gasteiger partial charge in [0.15, 0.2) is 6.61 Å². The number of nitrogens with one attached hydrogen (secondary N) is 2. The Morgan fingerprint density at radius 2 is 1.87 bits per heavy atom. The lowest BCUT2D eigenvalue weighted by molar-refractivity contribution is -0.151. The molecule has 0 spiro atoms. The van der Waals surface area contributed by atoms with Crippen molar-refractivity contribution in [2.75, 3.05) is 19.7 Å². The van der Waals surface area contributed by atoms with E-state index in [1.165, 1.54) is 0 Å². The Hall–Kier alpha value is -2.12. The molecule has 1 saturated heterocycles. The van der Waals surface area contributed by atoms with Crippen LogP contribution in [0.2, 0.25) is 0 Å². The third kappa shape index (κ3) is 4.67. The summed E-state index contributed by atoms with van der Waals surface area (Å²) >= 11 is 0. The molecule has 0 unspecified atom stereocenters. The van der Waals surface area contributed by atoms with Gasteiger partial charge in [0, 0.05) is 6.54 Å². The van der Waals surface area contributed by atoms with Crippen molar-refractivity contribution < 1.29 is 23.9 Å². The lowest BCUT2D eigenvalue weighted by Crippen LogP contribution is -2.46. The van der Waals surface area contributed by atoms with Crippen LogP contribution in [0, 0.1) is 5.92 Å². The molecule has 0 aliphatic carbocycles. The number of carbonyl (C=O) groups is 4. The van der Waals surface area contributed by atoms with Gasteiger partial charge in [-0.25, -0.2) is 4.79 Å². The van der Waals surface area contributed by atoms with Gasteiger partial charge in [-0.05, 0) is 18.8 Å². The van der Waals surface area contributed by atoms with E-state index in [9.17, 15) is 19.2 Å². The molecular formula is C15H25N3O5. The Balaban J connectivity index is 2.50. The third-order valence-corrected chi connectivity index (χ3v) is 3.81. The second-order valence-electron chi connectivity index (χ2n) is 5.97. The number of hydrogen-bond acceptors (Lipinski definition) is 5. The highest BCUT2D eigenvalue weighted by molar-refractivity contribution is 6.08. The molecule has 0 aromatic carbocycles. The van der Waals surface area contributed by atoms with Crippen molar-refractivity contribution in [1.29, 1.82) is 0 Å². The van der Waals surface area contributed by atoms with Crippen molar-refractivity contribution in [2.24, 2.45) is 5.92 Å². The first-order chi connectivity index (χ1) is 10.8. The van der Waals surface area contributed by atoms with Crippen LogP contribution in [0.1, 0.15) is 40.5 Å². The molecule has 130 valence electrons. The van der Waals surface area contributed by atoms with E-state index in [4.69, 9.17) is 4.74 Å². The molecule has 8 nitrogen and oxygen atoms in total. The van der Waals surface area contributed by atoms with Crippen LogP contribution in [0.15, 0.2) is 0 Å². The largest absolute Gasteiger partial charge is 0.454 e. The molecule has 0 bridgehead atoms. The summed E-state index contributed by atoms with van der Waals surface area (Å²) in [6, 6.07) is -0.611. The van der Waals surface area contributed by atoms with Gasteiger partial charge in [-0.3, -0.25) is 19.3 Å². The number of amides is 4. The summed E-state index contributed by atoms with van der Waals surface area (Å²) in [6.07, 6.45) is 0.883. The van der Waals surface area contributed by atoms with E-state index in [1.807, 2.05) is 13.8 Å². The zero-order valence-corrected chi connectivity index (χ0v) is 14.1. The first kappa shape index (κ1) is 18.9. The van der Waals surface area contributed by atoms with Gasteiger partial charge >= 0.3 is 12.0 Å². The van der Waals surface area contributed by atoms with Gasteiger partial charge < -0.3 is 15.4 Å². The molecule has 4 amide bonds. The van der Waals surface area contributed by atoms with Crippen molar-refractivity contribution in [1.82, 2.24) is 15.5 Å². The standard InChI is InChI=1S/C15H25N3O5/c1-5-15(6-2)13(21)18(14(22)17-15)8-12(20)23-9-11(19)16-7-10(3)4/h10H,5-9H2,1-4H3,(H,16,19)(H,17,22). The highest BCUT2D eigenvalue weighted by Gasteiger charge is 2.49. The molecule has 23 heavy (non-hydrogen) atoms. The normalized spacial score (nSPS) is 16.5. The summed E-state index contributed by atoms with van der Waals surface area (Å²) in [5, 5.41) is 5.22. The maximum atomic E-state index is 12.3. The first-order valence-electron chi connectivity index (χ1n) is 7.82. The third-order valence-electron chi connectivity index (χ3n) is 3.81. The fourth-order valence-electron chi connectivity index (χ4n) is 2.24. The number of ether oxygens (including phenoxy) is 1. The Kier molecular flexibility index (Phi) is 6.53. The zero-order valence-electron chi connectivity index (χ0n) is 14.1. The van der Waals surface area contributed by atoms with Crippen LogP contribution in [-0.4, -0.2) is 54.0 Å². The number of nitrogens with zero attached hydrogens (tertiary/aromatic N) is 1. The number of hydrogen-bond donors (Lipinski definition) is 2. The van der Waals surface area contributed by atoms with Gasteiger partial charge in [-0.15, -0.1) is 0 Å². The van der Waals surface area contributed by atoms with Crippen LogP contribution >= 0.6 is 0 Å². The van der Waals surface area contributed by atoms with E-state index in [2.05, 4.69) is 10.6 Å². The number of esters is 1. The van der Waals surface area contributed by atoms with E-state index in [0.717, 1.165) is 4.90 Å². The highest BCUT2D eigenvalue weighted by Crippen LogP contribution is 2.24. The topological polar surface area (TPSA) is 105 Å². The van der Waals surface area contributed by atoms with E-state index in [0.29, 0.717) is 19.4 Å². The number of imide groups is 1. The molecule has 0 aromatic rings. The minimum atomic E-state index is -0.952. The molecule has 2 N–H and O–H groups in total. The van der Waals surface area contributed by atoms with Crippen molar-refractivity contribution in [3.63, 3.8) is 0 Å². The minimum Gasteiger partial charge on any atom is -0.454 e. The van der Waals surface area contributed by atoms with E-state index >= 15 is 0 Å². The zero-order chi connectivity index (χ0) is 17.6. The van der Waals surface area contributed by atoms with Gasteiger partial charge in [0.1, 0.15) is 12.1 Å². The smallest absolute Gasteiger partial charge is 0.326 e. The molecular weight excluding hydrogens is 302 g/mol. The molecule has 0 radical (unpaired) electrons. The van der Waals surface area contributed by atoms with E-state index in [-0.39, 0.29) is 5.92 Å². The fraction of sp³-hybridized carbons (Fsp3) is 0.733. The number of rotatable bonds is 8. The van der Waals surface area contributed by atoms with Gasteiger partial charge in [-0.2, -0.15) is 0 Å². The highest BCUT2D eigenvalue weighted by atomic mass is 16.5. The molecule has 0 atom stereocenters. The molecule has 1 rings (SSSR count). The summed E-state index contributed by atoms with van der Waals surface area (Å²) in [5.74, 6) is -1.36. The van der Waals surface area contributed by atoms with Crippen LogP contribution in [0.4, 0.5) is 4.79 Å². The first-order valence-corrected chi connectivity index (χ1v) is 7.82. The maximum absolute atomic E-state index is 12.3. The van der Waals surface area contributed by atoms with Crippen molar-refractivity contribution in [3.05, 3.63) is 0 Å². The number of carbonyl (C=O) groups excluding carboxylic acids is 4. The monoisotopic (exact) mass is 327 g/mol. The van der Waals surface area contributed by atoms with Crippen LogP contribution < -0.4 is 10.6 Å². The van der Waals surface area contributed by atoms with Gasteiger partial charge in [-0.1, -0.05) is 27.7 Å². The lowest BCUT2D eigenvalue weighted by Gasteiger charge is -2.22. The Morgan fingerprint density at radius 1 is 1.26 bits per heavy atom. The van der Waals surface area contributed by atoms with Crippen LogP contribution in [0.3, 0.4) is 0 Å². The van der Waals surface area contributed by atoms with E-state index < -0.39 is 42.5 Å². The molecule has 0 aromatic heterocycles. The fourth-order valence-corrected chi connectivity index (χ4v) is 2.24. The average Bonchev–Trinajstić information content (AvgIpc) is 2.75. The SMILES string of the molecule is CCC1(CC)NC(=O)N(CC(=O)OCC(=O)NCC(C)C)C1=O. The predicted molar refractivity (Wildman–Crippen MR) is 82.4 cm³/mol. The number of urea groups is 1. The summed E-state index contributed by atoms with van der Waals surface area (Å²) in [4.78, 5) is 48.2. The van der Waals surface area contributed by atoms with Crippen LogP contribution in [-0.2, 0) is 19.1 Å². The Bertz CT molecular complexity index is 486. The van der Waals surface area contributed by atoms with Crippen LogP contribution in [0.25, 0.3) is 0 Å². The van der Waals surface area contributed by atoms with Gasteiger partial charge in [0.05, 0.1) is 0 Å². The Labute approximate surface area is 135 Å².